The molecule has 4 nitrogen and oxygen atoms in total. The summed E-state index contributed by atoms with van der Waals surface area (Å²) in [5, 5.41) is 3.06. The molecule has 1 heterocycles. The van der Waals surface area contributed by atoms with Crippen LogP contribution in [0.4, 0.5) is 0 Å². The van der Waals surface area contributed by atoms with E-state index in [-0.39, 0.29) is 17.3 Å². The standard InChI is InChI=1S/C7H13NO3S/c1-11-7(9)6-3-5(4-8-6)12(2)10/h5-6,8H,3-4H2,1-2H3/t5-,6+,12?/m1/s1. The van der Waals surface area contributed by atoms with E-state index in [0.29, 0.717) is 13.0 Å². The molecule has 1 unspecified atom stereocenters. The van der Waals surface area contributed by atoms with Crippen molar-refractivity contribution in [2.45, 2.75) is 17.7 Å². The van der Waals surface area contributed by atoms with E-state index in [1.54, 1.807) is 6.26 Å². The van der Waals surface area contributed by atoms with Gasteiger partial charge in [-0.05, 0) is 0 Å². The van der Waals surface area contributed by atoms with Gasteiger partial charge in [-0.25, -0.2) is 0 Å². The summed E-state index contributed by atoms with van der Waals surface area (Å²) < 4.78 is 15.6. The molecule has 5 heteroatoms. The lowest BCUT2D eigenvalue weighted by molar-refractivity contribution is -0.142. The molecule has 0 saturated carbocycles. The van der Waals surface area contributed by atoms with Crippen LogP contribution in [0.15, 0.2) is 0 Å². The molecule has 0 amide bonds. The molecule has 0 radical (unpaired) electrons. The minimum atomic E-state index is -0.850. The third-order valence-corrected chi connectivity index (χ3v) is 3.34. The van der Waals surface area contributed by atoms with Gasteiger partial charge in [0.05, 0.1) is 13.4 Å². The van der Waals surface area contributed by atoms with Gasteiger partial charge in [0.15, 0.2) is 0 Å². The summed E-state index contributed by atoms with van der Waals surface area (Å²) in [4.78, 5) is 11.0. The molecule has 0 aromatic carbocycles. The molecule has 1 saturated heterocycles. The highest BCUT2D eigenvalue weighted by Crippen LogP contribution is 2.14. The second-order valence-electron chi connectivity index (χ2n) is 2.84. The quantitative estimate of drug-likeness (QED) is 0.461. The maximum Gasteiger partial charge on any atom is 0.323 e. The normalized spacial score (nSPS) is 31.6. The van der Waals surface area contributed by atoms with E-state index in [2.05, 4.69) is 10.1 Å². The summed E-state index contributed by atoms with van der Waals surface area (Å²) in [6.07, 6.45) is 2.28. The second-order valence-corrected chi connectivity index (χ2v) is 4.50. The average molecular weight is 191 g/mol. The first-order valence-electron chi connectivity index (χ1n) is 3.78. The van der Waals surface area contributed by atoms with Crippen LogP contribution in [0.1, 0.15) is 6.42 Å². The minimum absolute atomic E-state index is 0.0918. The SMILES string of the molecule is COC(=O)[C@@H]1C[C@@H]([S+](C)[O-])CN1. The summed E-state index contributed by atoms with van der Waals surface area (Å²) in [6, 6.07) is -0.260. The molecular formula is C7H13NO3S. The zero-order valence-electron chi connectivity index (χ0n) is 7.20. The van der Waals surface area contributed by atoms with Gasteiger partial charge >= 0.3 is 5.97 Å². The molecule has 1 fully saturated rings. The van der Waals surface area contributed by atoms with Crippen molar-refractivity contribution in [1.82, 2.24) is 5.32 Å². The predicted molar refractivity (Wildman–Crippen MR) is 46.3 cm³/mol. The Balaban J connectivity index is 2.40. The second kappa shape index (κ2) is 4.11. The van der Waals surface area contributed by atoms with Crippen molar-refractivity contribution in [1.29, 1.82) is 0 Å². The molecule has 0 aromatic heterocycles. The van der Waals surface area contributed by atoms with E-state index in [1.807, 2.05) is 0 Å². The van der Waals surface area contributed by atoms with Crippen molar-refractivity contribution in [3.63, 3.8) is 0 Å². The number of carbonyl (C=O) groups is 1. The van der Waals surface area contributed by atoms with Gasteiger partial charge in [-0.2, -0.15) is 0 Å². The van der Waals surface area contributed by atoms with Gasteiger partial charge in [0.25, 0.3) is 0 Å². The fraction of sp³-hybridized carbons (Fsp3) is 0.857. The molecule has 0 bridgehead atoms. The van der Waals surface area contributed by atoms with Crippen LogP contribution in [-0.4, -0.2) is 41.7 Å². The molecule has 3 atom stereocenters. The smallest absolute Gasteiger partial charge is 0.323 e. The van der Waals surface area contributed by atoms with Gasteiger partial charge in [-0.15, -0.1) is 0 Å². The Morgan fingerprint density at radius 3 is 2.83 bits per heavy atom. The van der Waals surface area contributed by atoms with E-state index in [1.165, 1.54) is 7.11 Å². The van der Waals surface area contributed by atoms with E-state index < -0.39 is 11.2 Å². The van der Waals surface area contributed by atoms with Crippen LogP contribution >= 0.6 is 0 Å². The Hall–Kier alpha value is -0.260. The van der Waals surface area contributed by atoms with Crippen molar-refractivity contribution in [3.8, 4) is 0 Å². The van der Waals surface area contributed by atoms with E-state index in [4.69, 9.17) is 0 Å². The third kappa shape index (κ3) is 2.12. The van der Waals surface area contributed by atoms with Crippen molar-refractivity contribution < 1.29 is 14.1 Å². The lowest BCUT2D eigenvalue weighted by Gasteiger charge is -2.11. The number of esters is 1. The van der Waals surface area contributed by atoms with E-state index in [0.717, 1.165) is 0 Å². The summed E-state index contributed by atoms with van der Waals surface area (Å²) in [7, 11) is 1.36. The van der Waals surface area contributed by atoms with Gasteiger partial charge in [-0.3, -0.25) is 10.1 Å². The molecule has 1 rings (SSSR count). The molecule has 12 heavy (non-hydrogen) atoms. The van der Waals surface area contributed by atoms with Crippen molar-refractivity contribution >= 4 is 17.1 Å². The van der Waals surface area contributed by atoms with Crippen molar-refractivity contribution in [2.24, 2.45) is 0 Å². The average Bonchev–Trinajstić information content (AvgIpc) is 2.51. The highest BCUT2D eigenvalue weighted by molar-refractivity contribution is 7.91. The van der Waals surface area contributed by atoms with E-state index in [9.17, 15) is 9.35 Å². The minimum Gasteiger partial charge on any atom is -0.616 e. The predicted octanol–water partition coefficient (Wildman–Crippen LogP) is -0.732. The van der Waals surface area contributed by atoms with Gasteiger partial charge in [0, 0.05) is 13.0 Å². The van der Waals surface area contributed by atoms with Crippen LogP contribution in [-0.2, 0) is 20.7 Å². The Morgan fingerprint density at radius 2 is 2.42 bits per heavy atom. The Bertz CT molecular complexity index is 174. The zero-order chi connectivity index (χ0) is 9.14. The Labute approximate surface area is 74.8 Å². The first-order chi connectivity index (χ1) is 5.65. The lowest BCUT2D eigenvalue weighted by Crippen LogP contribution is -2.31. The first kappa shape index (κ1) is 9.83. The molecule has 0 aromatic rings. The molecular weight excluding hydrogens is 178 g/mol. The number of rotatable bonds is 2. The Morgan fingerprint density at radius 1 is 1.75 bits per heavy atom. The summed E-state index contributed by atoms with van der Waals surface area (Å²) in [5.74, 6) is -0.261. The number of nitrogens with one attached hydrogen (secondary N) is 1. The number of ether oxygens (including phenoxy) is 1. The highest BCUT2D eigenvalue weighted by atomic mass is 32.2. The number of carbonyl (C=O) groups excluding carboxylic acids is 1. The van der Waals surface area contributed by atoms with Gasteiger partial charge in [-0.1, -0.05) is 11.2 Å². The lowest BCUT2D eigenvalue weighted by atomic mass is 10.2. The van der Waals surface area contributed by atoms with Crippen molar-refractivity contribution in [3.05, 3.63) is 0 Å². The van der Waals surface area contributed by atoms with Crippen LogP contribution in [0.25, 0.3) is 0 Å². The van der Waals surface area contributed by atoms with Crippen LogP contribution in [0, 0.1) is 0 Å². The monoisotopic (exact) mass is 191 g/mol. The highest BCUT2D eigenvalue weighted by Gasteiger charge is 2.34. The number of methoxy groups -OCH3 is 1. The summed E-state index contributed by atoms with van der Waals surface area (Å²) in [5.41, 5.74) is 0. The summed E-state index contributed by atoms with van der Waals surface area (Å²) in [6.45, 7) is 0.642. The maximum absolute atomic E-state index is 11.0. The Kier molecular flexibility index (Phi) is 3.37. The van der Waals surface area contributed by atoms with Crippen molar-refractivity contribution in [2.75, 3.05) is 19.9 Å². The van der Waals surface area contributed by atoms with Crippen LogP contribution < -0.4 is 5.32 Å². The van der Waals surface area contributed by atoms with Gasteiger partial charge in [0.2, 0.25) is 0 Å². The van der Waals surface area contributed by atoms with Gasteiger partial charge < -0.3 is 9.29 Å². The maximum atomic E-state index is 11.0. The number of hydrogen-bond acceptors (Lipinski definition) is 4. The molecule has 0 aliphatic carbocycles. The van der Waals surface area contributed by atoms with Crippen LogP contribution in [0.5, 0.6) is 0 Å². The third-order valence-electron chi connectivity index (χ3n) is 2.05. The van der Waals surface area contributed by atoms with Crippen LogP contribution in [0.2, 0.25) is 0 Å². The number of hydrogen-bond donors (Lipinski definition) is 1. The van der Waals surface area contributed by atoms with Gasteiger partial charge in [0.1, 0.15) is 11.3 Å². The fourth-order valence-corrected chi connectivity index (χ4v) is 2.07. The molecule has 70 valence electrons. The fourth-order valence-electron chi connectivity index (χ4n) is 1.28. The molecule has 1 aliphatic rings. The first-order valence-corrected chi connectivity index (χ1v) is 5.40. The largest absolute Gasteiger partial charge is 0.616 e. The molecule has 1 N–H and O–H groups in total. The summed E-state index contributed by atoms with van der Waals surface area (Å²) >= 11 is -0.850. The zero-order valence-corrected chi connectivity index (χ0v) is 8.02. The van der Waals surface area contributed by atoms with Crippen LogP contribution in [0.3, 0.4) is 0 Å². The molecule has 0 spiro atoms. The topological polar surface area (TPSA) is 61.4 Å². The molecule has 1 aliphatic heterocycles. The van der Waals surface area contributed by atoms with E-state index >= 15 is 0 Å².